The van der Waals surface area contributed by atoms with Gasteiger partial charge >= 0.3 is 0 Å². The minimum Gasteiger partial charge on any atom is -0.491 e. The summed E-state index contributed by atoms with van der Waals surface area (Å²) in [6.45, 7) is 7.43. The van der Waals surface area contributed by atoms with Crippen LogP contribution in [0.5, 0.6) is 5.75 Å². The summed E-state index contributed by atoms with van der Waals surface area (Å²) >= 11 is 0. The van der Waals surface area contributed by atoms with Gasteiger partial charge in [0.05, 0.1) is 23.6 Å². The molecule has 0 saturated heterocycles. The number of nitro benzene ring substituents is 1. The van der Waals surface area contributed by atoms with E-state index < -0.39 is 4.92 Å². The number of ether oxygens (including phenoxy) is 1. The van der Waals surface area contributed by atoms with E-state index in [4.69, 9.17) is 4.74 Å². The molecule has 0 fully saturated rings. The molecule has 1 rings (SSSR count). The van der Waals surface area contributed by atoms with Crippen LogP contribution in [0.3, 0.4) is 0 Å². The first-order valence-electron chi connectivity index (χ1n) is 6.77. The van der Waals surface area contributed by atoms with E-state index in [1.54, 1.807) is 6.07 Å². The quantitative estimate of drug-likeness (QED) is 0.594. The van der Waals surface area contributed by atoms with E-state index in [1.165, 1.54) is 12.1 Å². The van der Waals surface area contributed by atoms with Gasteiger partial charge in [-0.15, -0.1) is 0 Å². The second-order valence-electron chi connectivity index (χ2n) is 5.22. The van der Waals surface area contributed by atoms with Gasteiger partial charge in [0, 0.05) is 23.9 Å². The van der Waals surface area contributed by atoms with Gasteiger partial charge in [-0.2, -0.15) is 0 Å². The molecule has 0 aromatic heterocycles. The zero-order chi connectivity index (χ0) is 16.0. The Balaban J connectivity index is 2.82. The summed E-state index contributed by atoms with van der Waals surface area (Å²) in [4.78, 5) is 22.0. The molecule has 0 aliphatic rings. The molecule has 116 valence electrons. The molecular weight excluding hydrogens is 274 g/mol. The van der Waals surface area contributed by atoms with Crippen LogP contribution in [0, 0.1) is 10.1 Å². The summed E-state index contributed by atoms with van der Waals surface area (Å²) in [6.07, 6.45) is -0.0934. The van der Waals surface area contributed by atoms with Crippen molar-refractivity contribution in [3.05, 3.63) is 28.3 Å². The van der Waals surface area contributed by atoms with E-state index >= 15 is 0 Å². The maximum Gasteiger partial charge on any atom is 0.275 e. The van der Waals surface area contributed by atoms with E-state index in [0.29, 0.717) is 11.4 Å². The van der Waals surface area contributed by atoms with Crippen molar-refractivity contribution >= 4 is 17.3 Å². The van der Waals surface area contributed by atoms with Crippen LogP contribution in [0.4, 0.5) is 11.4 Å². The number of nitrogens with one attached hydrogen (secondary N) is 2. The third kappa shape index (κ3) is 6.11. The van der Waals surface area contributed by atoms with Crippen LogP contribution in [0.15, 0.2) is 18.2 Å². The minimum atomic E-state index is -0.493. The lowest BCUT2D eigenvalue weighted by atomic mass is 10.2. The van der Waals surface area contributed by atoms with Crippen molar-refractivity contribution in [2.75, 3.05) is 11.9 Å². The third-order valence-electron chi connectivity index (χ3n) is 2.38. The highest BCUT2D eigenvalue weighted by atomic mass is 16.6. The molecule has 0 aliphatic heterocycles. The molecule has 0 bridgehead atoms. The Morgan fingerprint density at radius 1 is 1.29 bits per heavy atom. The maximum absolute atomic E-state index is 11.6. The van der Waals surface area contributed by atoms with Crippen molar-refractivity contribution < 1.29 is 14.5 Å². The average molecular weight is 295 g/mol. The summed E-state index contributed by atoms with van der Waals surface area (Å²) in [5.41, 5.74) is 0.388. The fraction of sp³-hybridized carbons (Fsp3) is 0.500. The molecule has 1 amide bonds. The van der Waals surface area contributed by atoms with Crippen LogP contribution in [0.25, 0.3) is 0 Å². The summed E-state index contributed by atoms with van der Waals surface area (Å²) in [6, 6.07) is 4.41. The lowest BCUT2D eigenvalue weighted by Gasteiger charge is -2.13. The van der Waals surface area contributed by atoms with Gasteiger partial charge in [0.15, 0.2) is 0 Å². The Kier molecular flexibility index (Phi) is 5.95. The zero-order valence-corrected chi connectivity index (χ0v) is 12.7. The number of nitrogens with zero attached hydrogens (tertiary/aromatic N) is 1. The van der Waals surface area contributed by atoms with Crippen LogP contribution < -0.4 is 15.4 Å². The highest BCUT2D eigenvalue weighted by Crippen LogP contribution is 2.26. The van der Waals surface area contributed by atoms with Gasteiger partial charge in [0.25, 0.3) is 5.69 Å². The number of benzene rings is 1. The molecule has 7 nitrogen and oxygen atoms in total. The van der Waals surface area contributed by atoms with E-state index in [9.17, 15) is 14.9 Å². The van der Waals surface area contributed by atoms with Crippen molar-refractivity contribution in [3.8, 4) is 5.75 Å². The first-order chi connectivity index (χ1) is 9.77. The topological polar surface area (TPSA) is 93.5 Å². The number of hydrogen-bond donors (Lipinski definition) is 2. The number of nitro groups is 1. The highest BCUT2D eigenvalue weighted by molar-refractivity contribution is 5.81. The van der Waals surface area contributed by atoms with Gasteiger partial charge in [0.1, 0.15) is 5.75 Å². The molecule has 0 aliphatic carbocycles. The van der Waals surface area contributed by atoms with Crippen LogP contribution in [-0.4, -0.2) is 29.5 Å². The lowest BCUT2D eigenvalue weighted by Crippen LogP contribution is -2.34. The molecular formula is C14H21N3O4. The third-order valence-corrected chi connectivity index (χ3v) is 2.38. The molecule has 2 N–H and O–H groups in total. The molecule has 0 heterocycles. The second-order valence-corrected chi connectivity index (χ2v) is 5.22. The van der Waals surface area contributed by atoms with Crippen LogP contribution in [0.2, 0.25) is 0 Å². The number of hydrogen-bond acceptors (Lipinski definition) is 5. The van der Waals surface area contributed by atoms with Gasteiger partial charge < -0.3 is 15.4 Å². The zero-order valence-electron chi connectivity index (χ0n) is 12.7. The van der Waals surface area contributed by atoms with Crippen LogP contribution in [0.1, 0.15) is 27.7 Å². The van der Waals surface area contributed by atoms with Gasteiger partial charge in [0.2, 0.25) is 5.91 Å². The second kappa shape index (κ2) is 7.47. The minimum absolute atomic E-state index is 0.0421. The Bertz CT molecular complexity index is 515. The number of rotatable bonds is 7. The molecule has 1 aromatic rings. The van der Waals surface area contributed by atoms with Gasteiger partial charge in [-0.1, -0.05) is 0 Å². The summed E-state index contributed by atoms with van der Waals surface area (Å²) in [7, 11) is 0. The molecule has 0 saturated carbocycles. The smallest absolute Gasteiger partial charge is 0.275 e. The standard InChI is InChI=1S/C14H21N3O4/c1-9(2)16-14(18)8-15-11-5-12(17(19)20)7-13(6-11)21-10(3)4/h5-7,9-10,15H,8H2,1-4H3,(H,16,18). The molecule has 1 aromatic carbocycles. The normalized spacial score (nSPS) is 10.6. The SMILES string of the molecule is CC(C)NC(=O)CNc1cc(OC(C)C)cc([N+](=O)[O-])c1. The Hall–Kier alpha value is -2.31. The summed E-state index contributed by atoms with van der Waals surface area (Å²) < 4.78 is 5.47. The Labute approximate surface area is 123 Å². The number of carbonyl (C=O) groups is 1. The van der Waals surface area contributed by atoms with Crippen molar-refractivity contribution in [1.82, 2.24) is 5.32 Å². The fourth-order valence-corrected chi connectivity index (χ4v) is 1.69. The number of carbonyl (C=O) groups excluding carboxylic acids is 1. The predicted molar refractivity (Wildman–Crippen MR) is 80.6 cm³/mol. The Morgan fingerprint density at radius 2 is 1.95 bits per heavy atom. The van der Waals surface area contributed by atoms with E-state index in [2.05, 4.69) is 10.6 Å². The van der Waals surface area contributed by atoms with Crippen LogP contribution >= 0.6 is 0 Å². The highest BCUT2D eigenvalue weighted by Gasteiger charge is 2.12. The van der Waals surface area contributed by atoms with E-state index in [-0.39, 0.29) is 30.3 Å². The average Bonchev–Trinajstić information content (AvgIpc) is 2.34. The molecule has 0 spiro atoms. The van der Waals surface area contributed by atoms with Crippen LogP contribution in [-0.2, 0) is 4.79 Å². The maximum atomic E-state index is 11.6. The molecule has 0 unspecified atom stereocenters. The summed E-state index contributed by atoms with van der Waals surface area (Å²) in [5, 5.41) is 16.5. The van der Waals surface area contributed by atoms with Crippen molar-refractivity contribution in [2.45, 2.75) is 39.8 Å². The fourth-order valence-electron chi connectivity index (χ4n) is 1.69. The number of amides is 1. The molecule has 7 heteroatoms. The van der Waals surface area contributed by atoms with Crippen molar-refractivity contribution in [3.63, 3.8) is 0 Å². The van der Waals surface area contributed by atoms with E-state index in [1.807, 2.05) is 27.7 Å². The lowest BCUT2D eigenvalue weighted by molar-refractivity contribution is -0.384. The Morgan fingerprint density at radius 3 is 2.48 bits per heavy atom. The van der Waals surface area contributed by atoms with E-state index in [0.717, 1.165) is 0 Å². The summed E-state index contributed by atoms with van der Waals surface area (Å²) in [5.74, 6) is 0.216. The monoisotopic (exact) mass is 295 g/mol. The molecule has 0 atom stereocenters. The predicted octanol–water partition coefficient (Wildman–Crippen LogP) is 2.32. The molecule has 21 heavy (non-hydrogen) atoms. The van der Waals surface area contributed by atoms with Gasteiger partial charge in [-0.05, 0) is 27.7 Å². The van der Waals surface area contributed by atoms with Crippen molar-refractivity contribution in [1.29, 1.82) is 0 Å². The number of non-ortho nitro benzene ring substituents is 1. The first-order valence-corrected chi connectivity index (χ1v) is 6.77. The first kappa shape index (κ1) is 16.7. The van der Waals surface area contributed by atoms with Crippen molar-refractivity contribution in [2.24, 2.45) is 0 Å². The number of anilines is 1. The molecule has 0 radical (unpaired) electrons. The largest absolute Gasteiger partial charge is 0.491 e. The van der Waals surface area contributed by atoms with Gasteiger partial charge in [-0.25, -0.2) is 0 Å². The van der Waals surface area contributed by atoms with Gasteiger partial charge in [-0.3, -0.25) is 14.9 Å².